The fourth-order valence-corrected chi connectivity index (χ4v) is 1.52. The maximum atomic E-state index is 13.5. The molecule has 0 radical (unpaired) electrons. The topological polar surface area (TPSA) is 45.9 Å². The summed E-state index contributed by atoms with van der Waals surface area (Å²) < 4.78 is 19.4. The molecule has 0 amide bonds. The second-order valence-corrected chi connectivity index (χ2v) is 4.08. The SMILES string of the molecule is N#Cc1ccc(Oc2ccc(Br)cc2F)cn1. The van der Waals surface area contributed by atoms with Gasteiger partial charge in [-0.1, -0.05) is 15.9 Å². The van der Waals surface area contributed by atoms with E-state index >= 15 is 0 Å². The highest BCUT2D eigenvalue weighted by Gasteiger charge is 2.05. The zero-order valence-corrected chi connectivity index (χ0v) is 10.1. The van der Waals surface area contributed by atoms with Crippen LogP contribution in [0.5, 0.6) is 11.5 Å². The molecule has 0 saturated carbocycles. The standard InChI is InChI=1S/C12H6BrFN2O/c13-8-1-4-12(11(14)5-8)17-10-3-2-9(6-15)16-7-10/h1-5,7H. The van der Waals surface area contributed by atoms with Gasteiger partial charge in [0.2, 0.25) is 0 Å². The summed E-state index contributed by atoms with van der Waals surface area (Å²) in [6.07, 6.45) is 1.38. The third kappa shape index (κ3) is 2.80. The van der Waals surface area contributed by atoms with E-state index in [1.165, 1.54) is 24.4 Å². The Morgan fingerprint density at radius 1 is 1.29 bits per heavy atom. The number of aromatic nitrogens is 1. The first kappa shape index (κ1) is 11.6. The van der Waals surface area contributed by atoms with Crippen LogP contribution in [0.3, 0.4) is 0 Å². The Balaban J connectivity index is 2.23. The maximum Gasteiger partial charge on any atom is 0.166 e. The van der Waals surface area contributed by atoms with Gasteiger partial charge in [0.05, 0.1) is 6.20 Å². The van der Waals surface area contributed by atoms with E-state index in [0.29, 0.717) is 10.2 Å². The van der Waals surface area contributed by atoms with Crippen molar-refractivity contribution in [3.05, 3.63) is 52.5 Å². The number of nitriles is 1. The summed E-state index contributed by atoms with van der Waals surface area (Å²) in [7, 11) is 0. The largest absolute Gasteiger partial charge is 0.453 e. The van der Waals surface area contributed by atoms with E-state index in [-0.39, 0.29) is 11.4 Å². The summed E-state index contributed by atoms with van der Waals surface area (Å²) >= 11 is 3.16. The van der Waals surface area contributed by atoms with E-state index in [4.69, 9.17) is 10.00 Å². The zero-order valence-electron chi connectivity index (χ0n) is 8.52. The lowest BCUT2D eigenvalue weighted by Crippen LogP contribution is -1.90. The van der Waals surface area contributed by atoms with Crippen molar-refractivity contribution in [1.29, 1.82) is 5.26 Å². The first-order valence-electron chi connectivity index (χ1n) is 4.68. The lowest BCUT2D eigenvalue weighted by molar-refractivity contribution is 0.440. The molecule has 1 heterocycles. The number of benzene rings is 1. The number of nitrogens with zero attached hydrogens (tertiary/aromatic N) is 2. The molecule has 2 rings (SSSR count). The molecule has 0 saturated heterocycles. The fraction of sp³-hybridized carbons (Fsp3) is 0. The van der Waals surface area contributed by atoms with Crippen LogP contribution in [0.4, 0.5) is 4.39 Å². The molecule has 3 nitrogen and oxygen atoms in total. The molecule has 17 heavy (non-hydrogen) atoms. The second-order valence-electron chi connectivity index (χ2n) is 3.17. The van der Waals surface area contributed by atoms with Crippen LogP contribution in [0.25, 0.3) is 0 Å². The highest BCUT2D eigenvalue weighted by atomic mass is 79.9. The number of halogens is 2. The molecular weight excluding hydrogens is 287 g/mol. The Hall–Kier alpha value is -1.93. The van der Waals surface area contributed by atoms with Crippen molar-refractivity contribution in [2.45, 2.75) is 0 Å². The summed E-state index contributed by atoms with van der Waals surface area (Å²) in [5, 5.41) is 8.57. The Kier molecular flexibility index (Phi) is 3.35. The molecule has 5 heteroatoms. The minimum Gasteiger partial charge on any atom is -0.453 e. The van der Waals surface area contributed by atoms with Gasteiger partial charge in [0, 0.05) is 4.47 Å². The summed E-state index contributed by atoms with van der Waals surface area (Å²) in [5.41, 5.74) is 0.286. The predicted octanol–water partition coefficient (Wildman–Crippen LogP) is 3.65. The van der Waals surface area contributed by atoms with Gasteiger partial charge in [-0.2, -0.15) is 5.26 Å². The van der Waals surface area contributed by atoms with Crippen LogP contribution in [-0.2, 0) is 0 Å². The normalized spacial score (nSPS) is 9.71. The van der Waals surface area contributed by atoms with Crippen molar-refractivity contribution in [3.8, 4) is 17.6 Å². The van der Waals surface area contributed by atoms with E-state index in [9.17, 15) is 4.39 Å². The van der Waals surface area contributed by atoms with Gasteiger partial charge in [0.25, 0.3) is 0 Å². The first-order chi connectivity index (χ1) is 8.19. The predicted molar refractivity (Wildman–Crippen MR) is 63.1 cm³/mol. The summed E-state index contributed by atoms with van der Waals surface area (Å²) in [4.78, 5) is 3.82. The number of hydrogen-bond acceptors (Lipinski definition) is 3. The van der Waals surface area contributed by atoms with E-state index in [2.05, 4.69) is 20.9 Å². The Bertz CT molecular complexity index is 578. The lowest BCUT2D eigenvalue weighted by atomic mass is 10.3. The number of rotatable bonds is 2. The molecule has 0 atom stereocenters. The quantitative estimate of drug-likeness (QED) is 0.849. The molecule has 1 aromatic carbocycles. The Morgan fingerprint density at radius 3 is 2.71 bits per heavy atom. The van der Waals surface area contributed by atoms with E-state index < -0.39 is 5.82 Å². The van der Waals surface area contributed by atoms with Crippen molar-refractivity contribution in [3.63, 3.8) is 0 Å². The smallest absolute Gasteiger partial charge is 0.166 e. The second kappa shape index (κ2) is 4.93. The average Bonchev–Trinajstić information content (AvgIpc) is 2.34. The van der Waals surface area contributed by atoms with Gasteiger partial charge in [-0.05, 0) is 30.3 Å². The minimum atomic E-state index is -0.469. The lowest BCUT2D eigenvalue weighted by Gasteiger charge is -2.06. The molecular formula is C12H6BrFN2O. The Labute approximate surface area is 106 Å². The average molecular weight is 293 g/mol. The molecule has 0 aliphatic rings. The highest BCUT2D eigenvalue weighted by molar-refractivity contribution is 9.10. The molecule has 0 unspecified atom stereocenters. The van der Waals surface area contributed by atoms with Crippen LogP contribution >= 0.6 is 15.9 Å². The van der Waals surface area contributed by atoms with Crippen molar-refractivity contribution in [2.75, 3.05) is 0 Å². The molecule has 0 aliphatic carbocycles. The van der Waals surface area contributed by atoms with Crippen molar-refractivity contribution in [2.24, 2.45) is 0 Å². The van der Waals surface area contributed by atoms with Gasteiger partial charge in [-0.3, -0.25) is 0 Å². The molecule has 0 spiro atoms. The van der Waals surface area contributed by atoms with Gasteiger partial charge in [0.1, 0.15) is 17.5 Å². The van der Waals surface area contributed by atoms with Crippen molar-refractivity contribution >= 4 is 15.9 Å². The van der Waals surface area contributed by atoms with Gasteiger partial charge < -0.3 is 4.74 Å². The maximum absolute atomic E-state index is 13.5. The number of pyridine rings is 1. The van der Waals surface area contributed by atoms with Crippen molar-refractivity contribution in [1.82, 2.24) is 4.98 Å². The zero-order chi connectivity index (χ0) is 12.3. The van der Waals surface area contributed by atoms with Crippen molar-refractivity contribution < 1.29 is 9.13 Å². The van der Waals surface area contributed by atoms with E-state index in [1.54, 1.807) is 12.1 Å². The third-order valence-corrected chi connectivity index (χ3v) is 2.47. The summed E-state index contributed by atoms with van der Waals surface area (Å²) in [6.45, 7) is 0. The molecule has 84 valence electrons. The molecule has 1 aromatic heterocycles. The molecule has 2 aromatic rings. The first-order valence-corrected chi connectivity index (χ1v) is 5.47. The van der Waals surface area contributed by atoms with Crippen LogP contribution in [0.15, 0.2) is 41.0 Å². The van der Waals surface area contributed by atoms with Gasteiger partial charge in [-0.25, -0.2) is 9.37 Å². The minimum absolute atomic E-state index is 0.111. The monoisotopic (exact) mass is 292 g/mol. The van der Waals surface area contributed by atoms with Gasteiger partial charge >= 0.3 is 0 Å². The van der Waals surface area contributed by atoms with Crippen LogP contribution < -0.4 is 4.74 Å². The number of hydrogen-bond donors (Lipinski definition) is 0. The fourth-order valence-electron chi connectivity index (χ4n) is 1.19. The van der Waals surface area contributed by atoms with Crippen LogP contribution in [-0.4, -0.2) is 4.98 Å². The molecule has 0 bridgehead atoms. The Morgan fingerprint density at radius 2 is 2.12 bits per heavy atom. The molecule has 0 fully saturated rings. The summed E-state index contributed by atoms with van der Waals surface area (Å²) in [6, 6.07) is 9.46. The highest BCUT2D eigenvalue weighted by Crippen LogP contribution is 2.26. The van der Waals surface area contributed by atoms with Crippen LogP contribution in [0, 0.1) is 17.1 Å². The van der Waals surface area contributed by atoms with Gasteiger partial charge in [-0.15, -0.1) is 0 Å². The van der Waals surface area contributed by atoms with Crippen LogP contribution in [0.2, 0.25) is 0 Å². The van der Waals surface area contributed by atoms with Crippen LogP contribution in [0.1, 0.15) is 5.69 Å². The third-order valence-electron chi connectivity index (χ3n) is 1.97. The molecule has 0 N–H and O–H groups in total. The molecule has 0 aliphatic heterocycles. The summed E-state index contributed by atoms with van der Waals surface area (Å²) in [5.74, 6) is 0.0219. The van der Waals surface area contributed by atoms with E-state index in [1.807, 2.05) is 6.07 Å². The van der Waals surface area contributed by atoms with Gasteiger partial charge in [0.15, 0.2) is 11.6 Å². The number of ether oxygens (including phenoxy) is 1. The van der Waals surface area contributed by atoms with E-state index in [0.717, 1.165) is 0 Å².